The zero-order chi connectivity index (χ0) is 21.4. The molecule has 31 heavy (non-hydrogen) atoms. The summed E-state index contributed by atoms with van der Waals surface area (Å²) >= 11 is 0. The van der Waals surface area contributed by atoms with E-state index in [0.717, 1.165) is 49.8 Å². The van der Waals surface area contributed by atoms with Gasteiger partial charge in [0.05, 0.1) is 18.5 Å². The molecular weight excluding hydrogens is 399 g/mol. The lowest BCUT2D eigenvalue weighted by Gasteiger charge is -2.31. The van der Waals surface area contributed by atoms with Gasteiger partial charge in [0, 0.05) is 30.9 Å². The van der Waals surface area contributed by atoms with Gasteiger partial charge in [-0.15, -0.1) is 10.2 Å². The second-order valence-corrected chi connectivity index (χ2v) is 8.49. The Hall–Kier alpha value is -2.94. The number of aryl methyl sites for hydroxylation is 1. The zero-order valence-electron chi connectivity index (χ0n) is 17.4. The molecule has 0 unspecified atom stereocenters. The summed E-state index contributed by atoms with van der Waals surface area (Å²) in [5, 5.41) is 9.35. The van der Waals surface area contributed by atoms with Gasteiger partial charge in [-0.05, 0) is 56.6 Å². The molecule has 3 aromatic rings. The minimum absolute atomic E-state index is 0.0409. The van der Waals surface area contributed by atoms with Gasteiger partial charge in [0.15, 0.2) is 11.5 Å². The molecule has 0 bridgehead atoms. The summed E-state index contributed by atoms with van der Waals surface area (Å²) in [5.74, 6) is 0.747. The highest BCUT2D eigenvalue weighted by atomic mass is 19.1. The summed E-state index contributed by atoms with van der Waals surface area (Å²) in [7, 11) is 0. The van der Waals surface area contributed by atoms with Crippen LogP contribution in [0.4, 0.5) is 4.39 Å². The van der Waals surface area contributed by atoms with Crippen molar-refractivity contribution in [3.8, 4) is 0 Å². The van der Waals surface area contributed by atoms with Crippen LogP contribution in [-0.2, 0) is 16.1 Å². The zero-order valence-corrected chi connectivity index (χ0v) is 17.4. The minimum Gasteiger partial charge on any atom is -0.284 e. The molecule has 1 aliphatic heterocycles. The number of rotatable bonds is 4. The summed E-state index contributed by atoms with van der Waals surface area (Å²) in [6.45, 7) is 2.33. The first-order chi connectivity index (χ1) is 15.1. The van der Waals surface area contributed by atoms with Gasteiger partial charge >= 0.3 is 0 Å². The predicted octanol–water partition coefficient (Wildman–Crippen LogP) is 3.22. The molecule has 2 aliphatic rings. The number of amides is 1. The second-order valence-electron chi connectivity index (χ2n) is 8.49. The summed E-state index contributed by atoms with van der Waals surface area (Å²) in [5.41, 5.74) is 1.97. The summed E-state index contributed by atoms with van der Waals surface area (Å²) in [4.78, 5) is 27.3. The van der Waals surface area contributed by atoms with Crippen molar-refractivity contribution in [3.05, 3.63) is 53.8 Å². The van der Waals surface area contributed by atoms with Crippen LogP contribution in [0.15, 0.2) is 30.9 Å². The third-order valence-electron chi connectivity index (χ3n) is 6.45. The molecule has 162 valence electrons. The standard InChI is InChI=1S/C22H25FN6O2/c1-14-26-27-21-18(23)11-16(13-28(14)21)10-15-2-4-17(5-3-15)22(30)29-20(6-9-31-29)19-12-24-7-8-25-19/h7-8,11-13,15,17,20H,2-6,9-10H2,1H3/t15?,17?,20-/m0/s1. The molecule has 1 saturated carbocycles. The molecule has 5 rings (SSSR count). The van der Waals surface area contributed by atoms with Crippen LogP contribution in [0.25, 0.3) is 5.65 Å². The lowest BCUT2D eigenvalue weighted by molar-refractivity contribution is -0.183. The van der Waals surface area contributed by atoms with E-state index < -0.39 is 0 Å². The van der Waals surface area contributed by atoms with Crippen LogP contribution in [0.5, 0.6) is 0 Å². The second kappa shape index (κ2) is 8.30. The van der Waals surface area contributed by atoms with Crippen LogP contribution in [0.3, 0.4) is 0 Å². The van der Waals surface area contributed by atoms with Gasteiger partial charge in [-0.2, -0.15) is 0 Å². The van der Waals surface area contributed by atoms with Gasteiger partial charge in [0.2, 0.25) is 5.91 Å². The lowest BCUT2D eigenvalue weighted by Crippen LogP contribution is -2.37. The smallest absolute Gasteiger partial charge is 0.249 e. The van der Waals surface area contributed by atoms with Crippen molar-refractivity contribution in [1.29, 1.82) is 0 Å². The number of aromatic nitrogens is 5. The van der Waals surface area contributed by atoms with Crippen LogP contribution < -0.4 is 0 Å². The van der Waals surface area contributed by atoms with Crippen molar-refractivity contribution >= 4 is 11.6 Å². The van der Waals surface area contributed by atoms with E-state index in [1.54, 1.807) is 29.1 Å². The summed E-state index contributed by atoms with van der Waals surface area (Å²) in [6, 6.07) is 1.39. The van der Waals surface area contributed by atoms with Crippen molar-refractivity contribution in [2.45, 2.75) is 51.5 Å². The van der Waals surface area contributed by atoms with Gasteiger partial charge < -0.3 is 0 Å². The van der Waals surface area contributed by atoms with Gasteiger partial charge in [-0.25, -0.2) is 9.45 Å². The molecule has 8 nitrogen and oxygen atoms in total. The average Bonchev–Trinajstić information content (AvgIpc) is 3.42. The average molecular weight is 424 g/mol. The Bertz CT molecular complexity index is 1080. The van der Waals surface area contributed by atoms with Gasteiger partial charge in [0.25, 0.3) is 0 Å². The van der Waals surface area contributed by atoms with Crippen LogP contribution in [0, 0.1) is 24.6 Å². The maximum absolute atomic E-state index is 14.3. The van der Waals surface area contributed by atoms with Crippen LogP contribution in [-0.4, -0.2) is 42.1 Å². The lowest BCUT2D eigenvalue weighted by atomic mass is 9.79. The summed E-state index contributed by atoms with van der Waals surface area (Å²) < 4.78 is 16.0. The monoisotopic (exact) mass is 424 g/mol. The number of carbonyl (C=O) groups is 1. The molecule has 1 aliphatic carbocycles. The number of hydrogen-bond donors (Lipinski definition) is 0. The molecule has 0 radical (unpaired) electrons. The molecule has 1 saturated heterocycles. The number of halogens is 1. The third-order valence-corrected chi connectivity index (χ3v) is 6.45. The number of fused-ring (bicyclic) bond motifs is 1. The van der Waals surface area contributed by atoms with E-state index in [1.807, 2.05) is 13.1 Å². The minimum atomic E-state index is -0.344. The maximum atomic E-state index is 14.3. The Morgan fingerprint density at radius 1 is 1.19 bits per heavy atom. The van der Waals surface area contributed by atoms with E-state index in [0.29, 0.717) is 18.3 Å². The highest BCUT2D eigenvalue weighted by Crippen LogP contribution is 2.36. The Morgan fingerprint density at radius 3 is 2.81 bits per heavy atom. The van der Waals surface area contributed by atoms with Crippen LogP contribution >= 0.6 is 0 Å². The molecular formula is C22H25FN6O2. The molecule has 0 spiro atoms. The van der Waals surface area contributed by atoms with Crippen molar-refractivity contribution in [3.63, 3.8) is 0 Å². The molecule has 0 N–H and O–H groups in total. The SMILES string of the molecule is Cc1nnc2c(F)cc(CC3CCC(C(=O)N4OCC[C@H]4c4cnccn4)CC3)cn12. The first kappa shape index (κ1) is 20.0. The largest absolute Gasteiger partial charge is 0.284 e. The normalized spacial score (nSPS) is 24.1. The van der Waals surface area contributed by atoms with E-state index in [-0.39, 0.29) is 29.3 Å². The number of nitrogens with zero attached hydrogens (tertiary/aromatic N) is 6. The molecule has 4 heterocycles. The third kappa shape index (κ3) is 3.89. The Morgan fingerprint density at radius 2 is 2.03 bits per heavy atom. The molecule has 1 amide bonds. The topological polar surface area (TPSA) is 85.5 Å². The molecule has 2 fully saturated rings. The first-order valence-electron chi connectivity index (χ1n) is 10.8. The van der Waals surface area contributed by atoms with E-state index in [1.165, 1.54) is 5.06 Å². The van der Waals surface area contributed by atoms with E-state index >= 15 is 0 Å². The van der Waals surface area contributed by atoms with Crippen LogP contribution in [0.2, 0.25) is 0 Å². The molecule has 1 atom stereocenters. The predicted molar refractivity (Wildman–Crippen MR) is 109 cm³/mol. The van der Waals surface area contributed by atoms with Gasteiger partial charge in [0.1, 0.15) is 11.9 Å². The fourth-order valence-corrected chi connectivity index (χ4v) is 4.79. The van der Waals surface area contributed by atoms with Crippen molar-refractivity contribution in [2.24, 2.45) is 11.8 Å². The highest BCUT2D eigenvalue weighted by Gasteiger charge is 2.38. The molecule has 9 heteroatoms. The molecule has 0 aromatic carbocycles. The van der Waals surface area contributed by atoms with E-state index in [9.17, 15) is 9.18 Å². The number of hydrogen-bond acceptors (Lipinski definition) is 6. The fourth-order valence-electron chi connectivity index (χ4n) is 4.79. The Kier molecular flexibility index (Phi) is 5.35. The Balaban J connectivity index is 1.21. The number of pyridine rings is 1. The highest BCUT2D eigenvalue weighted by molar-refractivity contribution is 5.78. The van der Waals surface area contributed by atoms with Crippen molar-refractivity contribution < 1.29 is 14.0 Å². The number of carbonyl (C=O) groups excluding carboxylic acids is 1. The maximum Gasteiger partial charge on any atom is 0.249 e. The first-order valence-corrected chi connectivity index (χ1v) is 10.8. The Labute approximate surface area is 179 Å². The van der Waals surface area contributed by atoms with Gasteiger partial charge in [-0.1, -0.05) is 0 Å². The van der Waals surface area contributed by atoms with E-state index in [2.05, 4.69) is 20.2 Å². The fraction of sp³-hybridized carbons (Fsp3) is 0.500. The number of hydroxylamine groups is 2. The molecule has 3 aromatic heterocycles. The quantitative estimate of drug-likeness (QED) is 0.639. The van der Waals surface area contributed by atoms with E-state index in [4.69, 9.17) is 4.84 Å². The summed E-state index contributed by atoms with van der Waals surface area (Å²) in [6.07, 6.45) is 11.9. The van der Waals surface area contributed by atoms with Crippen molar-refractivity contribution in [1.82, 2.24) is 29.6 Å². The van der Waals surface area contributed by atoms with Crippen molar-refractivity contribution in [2.75, 3.05) is 6.61 Å². The van der Waals surface area contributed by atoms with Crippen LogP contribution in [0.1, 0.15) is 55.2 Å². The van der Waals surface area contributed by atoms with Gasteiger partial charge in [-0.3, -0.25) is 24.0 Å².